The Morgan fingerprint density at radius 3 is 2.02 bits per heavy atom. The topological polar surface area (TPSA) is 39.9 Å². The molecular weight excluding hydrogens is 649 g/mol. The van der Waals surface area contributed by atoms with E-state index in [4.69, 9.17) is 4.42 Å². The van der Waals surface area contributed by atoms with Crippen LogP contribution >= 0.6 is 0 Å². The van der Waals surface area contributed by atoms with E-state index < -0.39 is 6.23 Å². The third-order valence-corrected chi connectivity index (χ3v) is 11.1. The van der Waals surface area contributed by atoms with E-state index in [1.165, 1.54) is 16.7 Å². The van der Waals surface area contributed by atoms with Crippen molar-refractivity contribution in [2.24, 2.45) is 5.92 Å². The molecule has 4 nitrogen and oxygen atoms in total. The molecule has 4 unspecified atom stereocenters. The van der Waals surface area contributed by atoms with Crippen LogP contribution in [0.25, 0.3) is 44.2 Å². The van der Waals surface area contributed by atoms with Crippen molar-refractivity contribution in [2.45, 2.75) is 24.6 Å². The van der Waals surface area contributed by atoms with Crippen molar-refractivity contribution in [2.75, 3.05) is 9.80 Å². The standard InChI is InChI=1S/C49H38N2O2/c52-49-41-17-8-7-16-40(41)43-32-36(26-31-44(43)51(49)37-14-5-2-6-15-37)35-24-29-39(30-25-35)50(38-27-22-34(23-28-38)33-12-3-1-4-13-33)45-19-11-21-47-48(45)42-18-9-10-20-46(42)53-47/h1-14,16-32,37,40-41,49,52H,15H2. The molecule has 4 atom stereocenters. The molecule has 256 valence electrons. The third-order valence-electron chi connectivity index (χ3n) is 11.1. The van der Waals surface area contributed by atoms with Gasteiger partial charge in [0.2, 0.25) is 0 Å². The lowest BCUT2D eigenvalue weighted by Crippen LogP contribution is -2.51. The molecule has 4 heteroatoms. The number of allylic oxidation sites excluding steroid dienone is 5. The highest BCUT2D eigenvalue weighted by Crippen LogP contribution is 2.48. The molecule has 0 amide bonds. The van der Waals surface area contributed by atoms with Crippen LogP contribution < -0.4 is 9.80 Å². The van der Waals surface area contributed by atoms with Crippen LogP contribution in [-0.2, 0) is 0 Å². The van der Waals surface area contributed by atoms with E-state index in [1.54, 1.807) is 0 Å². The number of benzene rings is 6. The fourth-order valence-electron chi connectivity index (χ4n) is 8.54. The quantitative estimate of drug-likeness (QED) is 0.189. The number of para-hydroxylation sites is 1. The van der Waals surface area contributed by atoms with Crippen LogP contribution in [-0.4, -0.2) is 17.4 Å². The summed E-state index contributed by atoms with van der Waals surface area (Å²) in [7, 11) is 0. The van der Waals surface area contributed by atoms with Crippen molar-refractivity contribution < 1.29 is 9.52 Å². The first-order valence-corrected chi connectivity index (χ1v) is 18.5. The Bertz CT molecular complexity index is 2580. The molecule has 1 aromatic heterocycles. The summed E-state index contributed by atoms with van der Waals surface area (Å²) in [6, 6.07) is 49.7. The minimum atomic E-state index is -0.593. The summed E-state index contributed by atoms with van der Waals surface area (Å²) >= 11 is 0. The number of fused-ring (bicyclic) bond motifs is 6. The number of furan rings is 1. The molecule has 3 aliphatic rings. The minimum absolute atomic E-state index is 0.00650. The molecule has 2 aliphatic carbocycles. The molecule has 10 rings (SSSR count). The Morgan fingerprint density at radius 2 is 1.25 bits per heavy atom. The third kappa shape index (κ3) is 5.42. The highest BCUT2D eigenvalue weighted by molar-refractivity contribution is 6.13. The summed E-state index contributed by atoms with van der Waals surface area (Å²) in [5, 5.41) is 13.9. The first kappa shape index (κ1) is 31.4. The van der Waals surface area contributed by atoms with Crippen LogP contribution in [0.15, 0.2) is 193 Å². The number of anilines is 4. The lowest BCUT2D eigenvalue weighted by atomic mass is 9.76. The van der Waals surface area contributed by atoms with Gasteiger partial charge in [0.05, 0.1) is 17.1 Å². The highest BCUT2D eigenvalue weighted by Gasteiger charge is 2.41. The van der Waals surface area contributed by atoms with E-state index in [-0.39, 0.29) is 17.9 Å². The number of hydrogen-bond acceptors (Lipinski definition) is 4. The molecule has 1 aliphatic heterocycles. The molecule has 6 aromatic carbocycles. The van der Waals surface area contributed by atoms with E-state index in [9.17, 15) is 5.11 Å². The van der Waals surface area contributed by atoms with Crippen molar-refractivity contribution in [3.05, 3.63) is 194 Å². The van der Waals surface area contributed by atoms with E-state index in [1.807, 2.05) is 12.1 Å². The zero-order valence-electron chi connectivity index (χ0n) is 29.2. The van der Waals surface area contributed by atoms with Gasteiger partial charge in [0, 0.05) is 34.3 Å². The van der Waals surface area contributed by atoms with Crippen LogP contribution in [0.3, 0.4) is 0 Å². The van der Waals surface area contributed by atoms with Gasteiger partial charge in [0.25, 0.3) is 0 Å². The van der Waals surface area contributed by atoms with E-state index in [2.05, 4.69) is 186 Å². The lowest BCUT2D eigenvalue weighted by molar-refractivity contribution is 0.105. The second kappa shape index (κ2) is 13.0. The molecular formula is C49H38N2O2. The normalized spacial score (nSPS) is 20.1. The Morgan fingerprint density at radius 1 is 0.585 bits per heavy atom. The van der Waals surface area contributed by atoms with Crippen LogP contribution in [0.5, 0.6) is 0 Å². The second-order valence-corrected chi connectivity index (χ2v) is 14.1. The molecule has 0 bridgehead atoms. The van der Waals surface area contributed by atoms with Crippen LogP contribution in [0.2, 0.25) is 0 Å². The van der Waals surface area contributed by atoms with Gasteiger partial charge in [0.15, 0.2) is 0 Å². The van der Waals surface area contributed by atoms with Gasteiger partial charge in [-0.15, -0.1) is 0 Å². The van der Waals surface area contributed by atoms with Gasteiger partial charge in [-0.05, 0) is 88.8 Å². The lowest BCUT2D eigenvalue weighted by Gasteiger charge is -2.47. The summed E-state index contributed by atoms with van der Waals surface area (Å²) in [6.07, 6.45) is 17.5. The van der Waals surface area contributed by atoms with Crippen molar-refractivity contribution >= 4 is 44.7 Å². The highest BCUT2D eigenvalue weighted by atomic mass is 16.3. The summed E-state index contributed by atoms with van der Waals surface area (Å²) in [5.74, 6) is 0.108. The average Bonchev–Trinajstić information content (AvgIpc) is 3.62. The van der Waals surface area contributed by atoms with Crippen LogP contribution in [0.1, 0.15) is 17.9 Å². The number of hydrogen-bond donors (Lipinski definition) is 1. The summed E-state index contributed by atoms with van der Waals surface area (Å²) in [5.41, 5.74) is 12.0. The molecule has 7 aromatic rings. The predicted octanol–water partition coefficient (Wildman–Crippen LogP) is 12.2. The number of aliphatic hydroxyl groups is 1. The zero-order chi connectivity index (χ0) is 35.3. The van der Waals surface area contributed by atoms with E-state index >= 15 is 0 Å². The van der Waals surface area contributed by atoms with Gasteiger partial charge in [-0.3, -0.25) is 0 Å². The van der Waals surface area contributed by atoms with Gasteiger partial charge in [-0.1, -0.05) is 134 Å². The van der Waals surface area contributed by atoms with E-state index in [0.717, 1.165) is 62.2 Å². The average molecular weight is 687 g/mol. The summed E-state index contributed by atoms with van der Waals surface area (Å²) in [6.45, 7) is 0. The molecule has 0 saturated carbocycles. The van der Waals surface area contributed by atoms with Gasteiger partial charge in [0.1, 0.15) is 17.4 Å². The van der Waals surface area contributed by atoms with Crippen molar-refractivity contribution in [3.8, 4) is 22.3 Å². The van der Waals surface area contributed by atoms with Crippen LogP contribution in [0, 0.1) is 5.92 Å². The van der Waals surface area contributed by atoms with Gasteiger partial charge >= 0.3 is 0 Å². The van der Waals surface area contributed by atoms with Gasteiger partial charge in [-0.2, -0.15) is 0 Å². The summed E-state index contributed by atoms with van der Waals surface area (Å²) in [4.78, 5) is 4.55. The number of rotatable bonds is 6. The Balaban J connectivity index is 1.06. The molecule has 53 heavy (non-hydrogen) atoms. The first-order chi connectivity index (χ1) is 26.2. The minimum Gasteiger partial charge on any atom is -0.456 e. The number of aliphatic hydroxyl groups excluding tert-OH is 1. The molecule has 0 saturated heterocycles. The maximum absolute atomic E-state index is 11.7. The maximum Gasteiger partial charge on any atom is 0.137 e. The fraction of sp³-hybridized carbons (Fsp3) is 0.102. The Hall–Kier alpha value is -6.36. The molecule has 2 heterocycles. The van der Waals surface area contributed by atoms with Crippen LogP contribution in [0.4, 0.5) is 22.7 Å². The SMILES string of the molecule is OC1C2C=CC=CC2c2cc(-c3ccc(N(c4ccc(-c5ccccc5)cc4)c4cccc5oc6ccccc6c45)cc3)ccc2N1C1C=CC=CC1. The zero-order valence-corrected chi connectivity index (χ0v) is 29.2. The van der Waals surface area contributed by atoms with E-state index in [0.29, 0.717) is 0 Å². The Kier molecular flexibility index (Phi) is 7.70. The molecule has 0 radical (unpaired) electrons. The van der Waals surface area contributed by atoms with Crippen molar-refractivity contribution in [1.82, 2.24) is 0 Å². The van der Waals surface area contributed by atoms with Gasteiger partial charge < -0.3 is 19.3 Å². The smallest absolute Gasteiger partial charge is 0.137 e. The number of nitrogens with zero attached hydrogens (tertiary/aromatic N) is 2. The molecule has 0 fully saturated rings. The fourth-order valence-corrected chi connectivity index (χ4v) is 8.54. The molecule has 0 spiro atoms. The predicted molar refractivity (Wildman–Crippen MR) is 219 cm³/mol. The van der Waals surface area contributed by atoms with Gasteiger partial charge in [-0.25, -0.2) is 0 Å². The monoisotopic (exact) mass is 686 g/mol. The van der Waals surface area contributed by atoms with Crippen molar-refractivity contribution in [1.29, 1.82) is 0 Å². The second-order valence-electron chi connectivity index (χ2n) is 14.1. The largest absolute Gasteiger partial charge is 0.456 e. The maximum atomic E-state index is 11.7. The summed E-state index contributed by atoms with van der Waals surface area (Å²) < 4.78 is 6.34. The molecule has 1 N–H and O–H groups in total. The Labute approximate surface area is 309 Å². The first-order valence-electron chi connectivity index (χ1n) is 18.5. The van der Waals surface area contributed by atoms with Crippen molar-refractivity contribution in [3.63, 3.8) is 0 Å².